The highest BCUT2D eigenvalue weighted by atomic mass is 16.3. The molecule has 1 fully saturated rings. The number of aromatic nitrogens is 2. The molecule has 3 heterocycles. The molecule has 0 atom stereocenters. The van der Waals surface area contributed by atoms with Gasteiger partial charge in [-0.25, -0.2) is 0 Å². The van der Waals surface area contributed by atoms with E-state index >= 15 is 0 Å². The molecular formula is C21H20N4O4. The van der Waals surface area contributed by atoms with E-state index in [0.29, 0.717) is 37.2 Å². The zero-order valence-electron chi connectivity index (χ0n) is 15.7. The molecule has 0 saturated carbocycles. The van der Waals surface area contributed by atoms with E-state index in [1.54, 1.807) is 35.2 Å². The molecule has 1 aliphatic heterocycles. The third-order valence-corrected chi connectivity index (χ3v) is 4.92. The van der Waals surface area contributed by atoms with Crippen molar-refractivity contribution >= 4 is 11.8 Å². The number of para-hydroxylation sites is 1. The molecule has 2 aromatic heterocycles. The maximum Gasteiger partial charge on any atom is 0.271 e. The molecule has 148 valence electrons. The highest BCUT2D eigenvalue weighted by molar-refractivity contribution is 5.94. The smallest absolute Gasteiger partial charge is 0.271 e. The number of benzene rings is 1. The van der Waals surface area contributed by atoms with E-state index in [0.717, 1.165) is 0 Å². The molecule has 8 nitrogen and oxygen atoms in total. The van der Waals surface area contributed by atoms with Crippen LogP contribution in [0.3, 0.4) is 0 Å². The Kier molecular flexibility index (Phi) is 5.24. The van der Waals surface area contributed by atoms with Gasteiger partial charge in [0.05, 0.1) is 17.5 Å². The second-order valence-corrected chi connectivity index (χ2v) is 6.86. The Hall–Kier alpha value is -3.68. The second kappa shape index (κ2) is 8.14. The third kappa shape index (κ3) is 4.11. The summed E-state index contributed by atoms with van der Waals surface area (Å²) in [5.41, 5.74) is 0.988. The number of piperidine rings is 1. The predicted octanol–water partition coefficient (Wildman–Crippen LogP) is 1.86. The predicted molar refractivity (Wildman–Crippen MR) is 105 cm³/mol. The van der Waals surface area contributed by atoms with Gasteiger partial charge < -0.3 is 14.6 Å². The summed E-state index contributed by atoms with van der Waals surface area (Å²) in [5, 5.41) is 7.16. The van der Waals surface area contributed by atoms with Gasteiger partial charge in [-0.1, -0.05) is 18.2 Å². The SMILES string of the molecule is O=C(NC1CCN(C(=O)c2ccoc2)CC1)c1ccc(=O)n(-c2ccccc2)n1. The summed E-state index contributed by atoms with van der Waals surface area (Å²) in [6, 6.07) is 13.3. The summed E-state index contributed by atoms with van der Waals surface area (Å²) in [6.07, 6.45) is 4.20. The average molecular weight is 392 g/mol. The van der Waals surface area contributed by atoms with Crippen LogP contribution in [-0.2, 0) is 0 Å². The molecular weight excluding hydrogens is 372 g/mol. The monoisotopic (exact) mass is 392 g/mol. The minimum Gasteiger partial charge on any atom is -0.472 e. The van der Waals surface area contributed by atoms with E-state index in [-0.39, 0.29) is 29.1 Å². The average Bonchev–Trinajstić information content (AvgIpc) is 3.29. The fourth-order valence-electron chi connectivity index (χ4n) is 3.34. The largest absolute Gasteiger partial charge is 0.472 e. The molecule has 0 unspecified atom stereocenters. The van der Waals surface area contributed by atoms with Crippen LogP contribution >= 0.6 is 0 Å². The molecule has 0 spiro atoms. The molecule has 2 amide bonds. The van der Waals surface area contributed by atoms with Gasteiger partial charge in [0.1, 0.15) is 12.0 Å². The van der Waals surface area contributed by atoms with Crippen molar-refractivity contribution in [1.82, 2.24) is 20.0 Å². The lowest BCUT2D eigenvalue weighted by Crippen LogP contribution is -2.46. The zero-order valence-corrected chi connectivity index (χ0v) is 15.7. The van der Waals surface area contributed by atoms with Crippen LogP contribution in [0.5, 0.6) is 0 Å². The zero-order chi connectivity index (χ0) is 20.2. The van der Waals surface area contributed by atoms with Gasteiger partial charge in [0.15, 0.2) is 0 Å². The van der Waals surface area contributed by atoms with Crippen LogP contribution in [0.15, 0.2) is 70.3 Å². The molecule has 29 heavy (non-hydrogen) atoms. The van der Waals surface area contributed by atoms with Gasteiger partial charge in [-0.15, -0.1) is 0 Å². The maximum atomic E-state index is 12.6. The molecule has 1 saturated heterocycles. The molecule has 1 aromatic carbocycles. The Morgan fingerprint density at radius 3 is 2.48 bits per heavy atom. The molecule has 4 rings (SSSR count). The number of nitrogens with one attached hydrogen (secondary N) is 1. The summed E-state index contributed by atoms with van der Waals surface area (Å²) in [5.74, 6) is -0.408. The Balaban J connectivity index is 1.39. The van der Waals surface area contributed by atoms with Gasteiger partial charge in [-0.2, -0.15) is 9.78 Å². The van der Waals surface area contributed by atoms with Crippen molar-refractivity contribution < 1.29 is 14.0 Å². The lowest BCUT2D eigenvalue weighted by atomic mass is 10.0. The van der Waals surface area contributed by atoms with Gasteiger partial charge in [0.25, 0.3) is 17.4 Å². The highest BCUT2D eigenvalue weighted by Gasteiger charge is 2.25. The standard InChI is InChI=1S/C21H20N4O4/c26-19-7-6-18(23-25(19)17-4-2-1-3-5-17)20(27)22-16-8-11-24(12-9-16)21(28)15-10-13-29-14-15/h1-7,10,13-14,16H,8-9,11-12H2,(H,22,27). The van der Waals surface area contributed by atoms with E-state index < -0.39 is 0 Å². The van der Waals surface area contributed by atoms with Crippen LogP contribution in [-0.4, -0.2) is 45.6 Å². The summed E-state index contributed by atoms with van der Waals surface area (Å²) in [6.45, 7) is 1.10. The first-order valence-corrected chi connectivity index (χ1v) is 9.40. The minimum atomic E-state index is -0.339. The van der Waals surface area contributed by atoms with Crippen molar-refractivity contribution in [3.8, 4) is 5.69 Å². The Bertz CT molecular complexity index is 1050. The van der Waals surface area contributed by atoms with Crippen molar-refractivity contribution in [3.05, 3.63) is 82.7 Å². The van der Waals surface area contributed by atoms with Crippen LogP contribution in [0.2, 0.25) is 0 Å². The fourth-order valence-corrected chi connectivity index (χ4v) is 3.34. The van der Waals surface area contributed by atoms with E-state index in [1.165, 1.54) is 29.3 Å². The van der Waals surface area contributed by atoms with Crippen molar-refractivity contribution in [2.75, 3.05) is 13.1 Å². The molecule has 1 N–H and O–H groups in total. The van der Waals surface area contributed by atoms with E-state index in [1.807, 2.05) is 6.07 Å². The molecule has 1 aliphatic rings. The van der Waals surface area contributed by atoms with E-state index in [9.17, 15) is 14.4 Å². The van der Waals surface area contributed by atoms with Crippen molar-refractivity contribution in [1.29, 1.82) is 0 Å². The van der Waals surface area contributed by atoms with Gasteiger partial charge in [0.2, 0.25) is 0 Å². The van der Waals surface area contributed by atoms with E-state index in [4.69, 9.17) is 4.42 Å². The first kappa shape index (κ1) is 18.7. The van der Waals surface area contributed by atoms with Crippen molar-refractivity contribution in [2.45, 2.75) is 18.9 Å². The molecule has 3 aromatic rings. The molecule has 0 radical (unpaired) electrons. The van der Waals surface area contributed by atoms with Gasteiger partial charge in [0, 0.05) is 25.2 Å². The lowest BCUT2D eigenvalue weighted by molar-refractivity contribution is 0.0697. The third-order valence-electron chi connectivity index (χ3n) is 4.92. The van der Waals surface area contributed by atoms with Gasteiger partial charge in [-0.05, 0) is 37.1 Å². The number of hydrogen-bond donors (Lipinski definition) is 1. The summed E-state index contributed by atoms with van der Waals surface area (Å²) >= 11 is 0. The number of likely N-dealkylation sites (tertiary alicyclic amines) is 1. The number of carbonyl (C=O) groups is 2. The number of rotatable bonds is 4. The summed E-state index contributed by atoms with van der Waals surface area (Å²) < 4.78 is 6.17. The van der Waals surface area contributed by atoms with Gasteiger partial charge >= 0.3 is 0 Å². The lowest BCUT2D eigenvalue weighted by Gasteiger charge is -2.32. The van der Waals surface area contributed by atoms with Crippen LogP contribution in [0.25, 0.3) is 5.69 Å². The first-order chi connectivity index (χ1) is 14.1. The Morgan fingerprint density at radius 1 is 1.03 bits per heavy atom. The van der Waals surface area contributed by atoms with Crippen LogP contribution in [0.1, 0.15) is 33.7 Å². The molecule has 0 bridgehead atoms. The number of amides is 2. The summed E-state index contributed by atoms with van der Waals surface area (Å²) in [7, 11) is 0. The number of carbonyl (C=O) groups excluding carboxylic acids is 2. The second-order valence-electron chi connectivity index (χ2n) is 6.86. The Morgan fingerprint density at radius 2 is 1.79 bits per heavy atom. The summed E-state index contributed by atoms with van der Waals surface area (Å²) in [4.78, 5) is 38.8. The topological polar surface area (TPSA) is 97.4 Å². The number of nitrogens with zero attached hydrogens (tertiary/aromatic N) is 3. The molecule has 0 aliphatic carbocycles. The normalized spacial score (nSPS) is 14.6. The quantitative estimate of drug-likeness (QED) is 0.731. The molecule has 8 heteroatoms. The van der Waals surface area contributed by atoms with Crippen LogP contribution in [0.4, 0.5) is 0 Å². The van der Waals surface area contributed by atoms with Crippen molar-refractivity contribution in [3.63, 3.8) is 0 Å². The van der Waals surface area contributed by atoms with Crippen molar-refractivity contribution in [2.24, 2.45) is 0 Å². The van der Waals surface area contributed by atoms with Crippen LogP contribution in [0, 0.1) is 0 Å². The van der Waals surface area contributed by atoms with E-state index in [2.05, 4.69) is 10.4 Å². The first-order valence-electron chi connectivity index (χ1n) is 9.40. The number of furan rings is 1. The minimum absolute atomic E-state index is 0.0604. The fraction of sp³-hybridized carbons (Fsp3) is 0.238. The highest BCUT2D eigenvalue weighted by Crippen LogP contribution is 2.15. The van der Waals surface area contributed by atoms with Crippen LogP contribution < -0.4 is 10.9 Å². The van der Waals surface area contributed by atoms with Gasteiger partial charge in [-0.3, -0.25) is 14.4 Å². The maximum absolute atomic E-state index is 12.6. The number of hydrogen-bond acceptors (Lipinski definition) is 5. The Labute approximate surface area is 166 Å².